The highest BCUT2D eigenvalue weighted by Gasteiger charge is 2.34. The van der Waals surface area contributed by atoms with Crippen LogP contribution in [0, 0.1) is 0 Å². The third-order valence-electron chi connectivity index (χ3n) is 3.06. The Morgan fingerprint density at radius 2 is 1.95 bits per heavy atom. The van der Waals surface area contributed by atoms with Crippen LogP contribution in [0.4, 0.5) is 0 Å². The minimum Gasteiger partial charge on any atom is -0.477 e. The van der Waals surface area contributed by atoms with E-state index in [0.717, 1.165) is 0 Å². The van der Waals surface area contributed by atoms with Gasteiger partial charge >= 0.3 is 5.97 Å². The molecule has 0 aromatic heterocycles. The number of rotatable bonds is 6. The van der Waals surface area contributed by atoms with E-state index < -0.39 is 18.0 Å². The van der Waals surface area contributed by atoms with Crippen LogP contribution in [0.1, 0.15) is 20.3 Å². The van der Waals surface area contributed by atoms with Crippen molar-refractivity contribution in [3.63, 3.8) is 0 Å². The van der Waals surface area contributed by atoms with E-state index in [4.69, 9.17) is 9.94 Å². The Morgan fingerprint density at radius 1 is 1.35 bits per heavy atom. The van der Waals surface area contributed by atoms with Gasteiger partial charge in [-0.3, -0.25) is 9.59 Å². The van der Waals surface area contributed by atoms with E-state index in [1.807, 2.05) is 13.8 Å². The van der Waals surface area contributed by atoms with Crippen molar-refractivity contribution in [2.24, 2.45) is 5.16 Å². The molecule has 1 heterocycles. The summed E-state index contributed by atoms with van der Waals surface area (Å²) < 4.78 is 0. The van der Waals surface area contributed by atoms with Crippen LogP contribution in [-0.2, 0) is 19.2 Å². The van der Waals surface area contributed by atoms with Gasteiger partial charge in [0.1, 0.15) is 0 Å². The topological polar surface area (TPSA) is 99.5 Å². The van der Waals surface area contributed by atoms with Crippen LogP contribution in [0.5, 0.6) is 0 Å². The van der Waals surface area contributed by atoms with Crippen molar-refractivity contribution >= 4 is 23.5 Å². The van der Waals surface area contributed by atoms with Gasteiger partial charge in [-0.15, -0.1) is 0 Å². The summed E-state index contributed by atoms with van der Waals surface area (Å²) in [6, 6.07) is 0. The smallest absolute Gasteiger partial charge is 0.353 e. The Morgan fingerprint density at radius 3 is 2.40 bits per heavy atom. The number of hydrogen-bond acceptors (Lipinski definition) is 5. The third kappa shape index (κ3) is 3.69. The fourth-order valence-corrected chi connectivity index (χ4v) is 1.84. The Balaban J connectivity index is 2.53. The SMILES string of the molecule is CCN(CC)C(=O)CN(C)C(=O)C1CC(C(=O)O)=NO1. The lowest BCUT2D eigenvalue weighted by atomic mass is 10.1. The van der Waals surface area contributed by atoms with Gasteiger partial charge in [0.25, 0.3) is 5.91 Å². The average molecular weight is 285 g/mol. The number of aliphatic carboxylic acids is 1. The molecule has 0 saturated carbocycles. The monoisotopic (exact) mass is 285 g/mol. The van der Waals surface area contributed by atoms with E-state index in [1.165, 1.54) is 11.9 Å². The quantitative estimate of drug-likeness (QED) is 0.712. The molecule has 1 atom stereocenters. The molecule has 20 heavy (non-hydrogen) atoms. The molecule has 1 unspecified atom stereocenters. The summed E-state index contributed by atoms with van der Waals surface area (Å²) in [5.41, 5.74) is -0.188. The Kier molecular flexibility index (Phi) is 5.48. The molecule has 112 valence electrons. The van der Waals surface area contributed by atoms with Crippen molar-refractivity contribution in [2.75, 3.05) is 26.7 Å². The molecule has 1 N–H and O–H groups in total. The van der Waals surface area contributed by atoms with E-state index in [2.05, 4.69) is 5.16 Å². The molecule has 1 aliphatic heterocycles. The minimum absolute atomic E-state index is 0.0667. The fraction of sp³-hybridized carbons (Fsp3) is 0.667. The zero-order valence-corrected chi connectivity index (χ0v) is 11.8. The molecule has 2 amide bonds. The molecule has 1 rings (SSSR count). The lowest BCUT2D eigenvalue weighted by molar-refractivity contribution is -0.145. The number of oxime groups is 1. The van der Waals surface area contributed by atoms with Crippen LogP contribution in [0.3, 0.4) is 0 Å². The molecule has 8 nitrogen and oxygen atoms in total. The van der Waals surface area contributed by atoms with Crippen LogP contribution in [-0.4, -0.2) is 71.2 Å². The highest BCUT2D eigenvalue weighted by Crippen LogP contribution is 2.13. The maximum atomic E-state index is 12.0. The average Bonchev–Trinajstić information content (AvgIpc) is 2.88. The summed E-state index contributed by atoms with van der Waals surface area (Å²) in [5, 5.41) is 12.1. The zero-order chi connectivity index (χ0) is 15.3. The molecule has 0 bridgehead atoms. The molecule has 0 saturated heterocycles. The van der Waals surface area contributed by atoms with Crippen molar-refractivity contribution in [1.29, 1.82) is 0 Å². The maximum absolute atomic E-state index is 12.0. The van der Waals surface area contributed by atoms with Crippen LogP contribution in [0.2, 0.25) is 0 Å². The fourth-order valence-electron chi connectivity index (χ4n) is 1.84. The molecule has 1 aliphatic rings. The van der Waals surface area contributed by atoms with Gasteiger partial charge in [0, 0.05) is 26.6 Å². The molecule has 8 heteroatoms. The van der Waals surface area contributed by atoms with Gasteiger partial charge in [-0.25, -0.2) is 4.79 Å². The lowest BCUT2D eigenvalue weighted by Gasteiger charge is -2.24. The van der Waals surface area contributed by atoms with Gasteiger partial charge in [-0.2, -0.15) is 0 Å². The summed E-state index contributed by atoms with van der Waals surface area (Å²) in [6.45, 7) is 4.79. The van der Waals surface area contributed by atoms with E-state index in [-0.39, 0.29) is 24.6 Å². The van der Waals surface area contributed by atoms with Gasteiger partial charge in [0.2, 0.25) is 12.0 Å². The molecule has 0 fully saturated rings. The summed E-state index contributed by atoms with van der Waals surface area (Å²) >= 11 is 0. The first-order chi connectivity index (χ1) is 9.40. The zero-order valence-electron chi connectivity index (χ0n) is 11.8. The third-order valence-corrected chi connectivity index (χ3v) is 3.06. The van der Waals surface area contributed by atoms with Crippen molar-refractivity contribution in [3.05, 3.63) is 0 Å². The van der Waals surface area contributed by atoms with Gasteiger partial charge in [0.05, 0.1) is 6.54 Å². The van der Waals surface area contributed by atoms with Crippen LogP contribution >= 0.6 is 0 Å². The molecule has 0 spiro atoms. The van der Waals surface area contributed by atoms with Gasteiger partial charge in [-0.1, -0.05) is 5.16 Å². The lowest BCUT2D eigenvalue weighted by Crippen LogP contribution is -2.44. The first-order valence-electron chi connectivity index (χ1n) is 6.39. The molecular weight excluding hydrogens is 266 g/mol. The summed E-state index contributed by atoms with van der Waals surface area (Å²) in [6.07, 6.45) is -1.05. The molecular formula is C12H19N3O5. The second-order valence-electron chi connectivity index (χ2n) is 4.40. The number of amides is 2. The van der Waals surface area contributed by atoms with E-state index in [0.29, 0.717) is 13.1 Å². The number of carboxylic acid groups (broad SMARTS) is 1. The molecule has 0 aromatic rings. The van der Waals surface area contributed by atoms with Crippen molar-refractivity contribution in [2.45, 2.75) is 26.4 Å². The molecule has 0 radical (unpaired) electrons. The summed E-state index contributed by atoms with van der Waals surface area (Å²) in [7, 11) is 1.48. The number of carbonyl (C=O) groups is 3. The highest BCUT2D eigenvalue weighted by molar-refractivity contribution is 6.36. The minimum atomic E-state index is -1.21. The predicted octanol–water partition coefficient (Wildman–Crippen LogP) is -0.457. The van der Waals surface area contributed by atoms with Gasteiger partial charge in [-0.05, 0) is 13.8 Å². The van der Waals surface area contributed by atoms with Crippen molar-refractivity contribution < 1.29 is 24.3 Å². The number of likely N-dealkylation sites (N-methyl/N-ethyl adjacent to an activating group) is 2. The Hall–Kier alpha value is -2.12. The number of carboxylic acids is 1. The Labute approximate surface area is 117 Å². The summed E-state index contributed by atoms with van der Waals surface area (Å²) in [4.78, 5) is 42.2. The van der Waals surface area contributed by atoms with E-state index in [1.54, 1.807) is 4.90 Å². The summed E-state index contributed by atoms with van der Waals surface area (Å²) in [5.74, 6) is -1.82. The first-order valence-corrected chi connectivity index (χ1v) is 6.39. The maximum Gasteiger partial charge on any atom is 0.353 e. The largest absolute Gasteiger partial charge is 0.477 e. The normalized spacial score (nSPS) is 17.1. The van der Waals surface area contributed by atoms with Crippen LogP contribution in [0.25, 0.3) is 0 Å². The second-order valence-corrected chi connectivity index (χ2v) is 4.40. The van der Waals surface area contributed by atoms with Crippen molar-refractivity contribution in [1.82, 2.24) is 9.80 Å². The van der Waals surface area contributed by atoms with Crippen LogP contribution < -0.4 is 0 Å². The first kappa shape index (κ1) is 15.9. The Bertz CT molecular complexity index is 431. The molecule has 0 aromatic carbocycles. The van der Waals surface area contributed by atoms with E-state index >= 15 is 0 Å². The van der Waals surface area contributed by atoms with Gasteiger partial charge in [0.15, 0.2) is 5.71 Å². The highest BCUT2D eigenvalue weighted by atomic mass is 16.6. The predicted molar refractivity (Wildman–Crippen MR) is 70.1 cm³/mol. The number of carbonyl (C=O) groups excluding carboxylic acids is 2. The van der Waals surface area contributed by atoms with E-state index in [9.17, 15) is 14.4 Å². The number of nitrogens with zero attached hydrogens (tertiary/aromatic N) is 3. The number of hydrogen-bond donors (Lipinski definition) is 1. The standard InChI is InChI=1S/C12H19N3O5/c1-4-15(5-2)10(16)7-14(3)11(17)9-6-8(12(18)19)13-20-9/h9H,4-7H2,1-3H3,(H,18,19). The van der Waals surface area contributed by atoms with Crippen LogP contribution in [0.15, 0.2) is 5.16 Å². The second kappa shape index (κ2) is 6.88. The molecule has 0 aliphatic carbocycles. The van der Waals surface area contributed by atoms with Crippen molar-refractivity contribution in [3.8, 4) is 0 Å². The van der Waals surface area contributed by atoms with Gasteiger partial charge < -0.3 is 19.7 Å².